The molecule has 0 heterocycles. The molecule has 0 aliphatic carbocycles. The minimum atomic E-state index is -3.42. The minimum absolute atomic E-state index is 0.277. The molecule has 0 saturated heterocycles. The zero-order valence-electron chi connectivity index (χ0n) is 10.3. The molecule has 0 radical (unpaired) electrons. The van der Waals surface area contributed by atoms with Crippen LogP contribution in [0.3, 0.4) is 0 Å². The zero-order valence-corrected chi connectivity index (χ0v) is 11.9. The fourth-order valence-corrected chi connectivity index (χ4v) is 3.77. The Hall–Kier alpha value is -1.36. The second kappa shape index (κ2) is 5.74. The Morgan fingerprint density at radius 2 is 1.58 bits per heavy atom. The van der Waals surface area contributed by atoms with E-state index in [1.807, 2.05) is 0 Å². The summed E-state index contributed by atoms with van der Waals surface area (Å²) in [6.45, 7) is 0.277. The normalized spacial score (nSPS) is 13.2. The van der Waals surface area contributed by atoms with Crippen molar-refractivity contribution in [3.8, 4) is 0 Å². The molecule has 2 aromatic carbocycles. The van der Waals surface area contributed by atoms with E-state index in [4.69, 9.17) is 11.6 Å². The van der Waals surface area contributed by atoms with Gasteiger partial charge in [0.05, 0.1) is 11.4 Å². The molecule has 0 aliphatic heterocycles. The van der Waals surface area contributed by atoms with Gasteiger partial charge in [-0.1, -0.05) is 41.9 Å². The van der Waals surface area contributed by atoms with Crippen molar-refractivity contribution in [1.29, 1.82) is 0 Å². The second-order valence-electron chi connectivity index (χ2n) is 4.19. The van der Waals surface area contributed by atoms with Gasteiger partial charge in [0.2, 0.25) is 0 Å². The summed E-state index contributed by atoms with van der Waals surface area (Å²) in [5.74, 6) is 0. The Kier molecular flexibility index (Phi) is 4.24. The average Bonchev–Trinajstić information content (AvgIpc) is 2.42. The van der Waals surface area contributed by atoms with Crippen molar-refractivity contribution in [2.24, 2.45) is 0 Å². The molecule has 2 rings (SSSR count). The maximum Gasteiger partial charge on any atom is 0.190 e. The van der Waals surface area contributed by atoms with Gasteiger partial charge < -0.3 is 5.73 Å². The lowest BCUT2D eigenvalue weighted by Gasteiger charge is -2.14. The fourth-order valence-electron chi connectivity index (χ4n) is 1.95. The molecule has 0 unspecified atom stereocenters. The zero-order chi connectivity index (χ0) is 13.9. The highest BCUT2D eigenvalue weighted by molar-refractivity contribution is 7.91. The van der Waals surface area contributed by atoms with E-state index < -0.39 is 15.1 Å². The van der Waals surface area contributed by atoms with Gasteiger partial charge in [0, 0.05) is 5.02 Å². The van der Waals surface area contributed by atoms with Crippen LogP contribution in [0.4, 0.5) is 0 Å². The van der Waals surface area contributed by atoms with Crippen LogP contribution in [0.5, 0.6) is 0 Å². The van der Waals surface area contributed by atoms with Crippen molar-refractivity contribution in [3.63, 3.8) is 0 Å². The van der Waals surface area contributed by atoms with Gasteiger partial charge in [-0.3, -0.25) is 0 Å². The Labute approximate surface area is 117 Å². The number of halogens is 1. The number of quaternary nitrogens is 1. The van der Waals surface area contributed by atoms with Crippen molar-refractivity contribution in [2.45, 2.75) is 10.1 Å². The van der Waals surface area contributed by atoms with Crippen molar-refractivity contribution >= 4 is 21.4 Å². The molecule has 0 bridgehead atoms. The summed E-state index contributed by atoms with van der Waals surface area (Å²) in [5, 5.41) is -0.0594. The van der Waals surface area contributed by atoms with E-state index in [2.05, 4.69) is 5.73 Å². The minimum Gasteiger partial charge on any atom is -0.356 e. The highest BCUT2D eigenvalue weighted by Crippen LogP contribution is 2.28. The van der Waals surface area contributed by atoms with Crippen molar-refractivity contribution in [1.82, 2.24) is 0 Å². The van der Waals surface area contributed by atoms with Crippen LogP contribution in [0.15, 0.2) is 59.5 Å². The molecule has 1 atom stereocenters. The van der Waals surface area contributed by atoms with Gasteiger partial charge in [0.15, 0.2) is 9.84 Å². The second-order valence-corrected chi connectivity index (χ2v) is 6.75. The Bertz CT molecular complexity index is 639. The standard InChI is InChI=1S/C14H14ClNO2S/c15-12-8-6-11(7-9-12)14(10-16)19(17,18)13-4-2-1-3-5-13/h1-9,14H,10,16H2/p+1/t14-/m1/s1. The number of sulfone groups is 1. The van der Waals surface area contributed by atoms with Crippen LogP contribution in [-0.2, 0) is 9.84 Å². The summed E-state index contributed by atoms with van der Waals surface area (Å²) < 4.78 is 25.2. The van der Waals surface area contributed by atoms with Gasteiger partial charge in [-0.25, -0.2) is 8.42 Å². The van der Waals surface area contributed by atoms with E-state index in [-0.39, 0.29) is 6.54 Å². The van der Waals surface area contributed by atoms with Crippen LogP contribution in [-0.4, -0.2) is 15.0 Å². The highest BCUT2D eigenvalue weighted by atomic mass is 35.5. The van der Waals surface area contributed by atoms with E-state index >= 15 is 0 Å². The maximum absolute atomic E-state index is 12.6. The molecule has 0 saturated carbocycles. The Balaban J connectivity index is 2.45. The first-order chi connectivity index (χ1) is 9.05. The van der Waals surface area contributed by atoms with E-state index in [0.717, 1.165) is 0 Å². The molecular formula is C14H15ClNO2S+. The number of hydrogen-bond acceptors (Lipinski definition) is 2. The summed E-state index contributed by atoms with van der Waals surface area (Å²) in [7, 11) is -3.42. The molecule has 3 nitrogen and oxygen atoms in total. The molecule has 0 aromatic heterocycles. The molecule has 0 spiro atoms. The highest BCUT2D eigenvalue weighted by Gasteiger charge is 2.29. The molecule has 0 aliphatic rings. The fraction of sp³-hybridized carbons (Fsp3) is 0.143. The summed E-state index contributed by atoms with van der Waals surface area (Å²) in [4.78, 5) is 0.318. The van der Waals surface area contributed by atoms with Crippen LogP contribution in [0.1, 0.15) is 10.8 Å². The number of benzene rings is 2. The topological polar surface area (TPSA) is 61.8 Å². The molecule has 3 N–H and O–H groups in total. The Morgan fingerprint density at radius 3 is 2.11 bits per heavy atom. The van der Waals surface area contributed by atoms with Crippen molar-refractivity contribution < 1.29 is 14.2 Å². The van der Waals surface area contributed by atoms with Gasteiger partial charge in [-0.05, 0) is 29.8 Å². The molecule has 0 fully saturated rings. The van der Waals surface area contributed by atoms with Crippen LogP contribution in [0.25, 0.3) is 0 Å². The van der Waals surface area contributed by atoms with Crippen LogP contribution in [0, 0.1) is 0 Å². The van der Waals surface area contributed by atoms with E-state index in [1.165, 1.54) is 0 Å². The summed E-state index contributed by atoms with van der Waals surface area (Å²) in [6.07, 6.45) is 0. The molecule has 5 heteroatoms. The van der Waals surface area contributed by atoms with Gasteiger partial charge in [0.25, 0.3) is 0 Å². The summed E-state index contributed by atoms with van der Waals surface area (Å²) >= 11 is 5.83. The monoisotopic (exact) mass is 296 g/mol. The van der Waals surface area contributed by atoms with E-state index in [0.29, 0.717) is 15.5 Å². The first kappa shape index (κ1) is 14.1. The lowest BCUT2D eigenvalue weighted by molar-refractivity contribution is -0.367. The third kappa shape index (κ3) is 2.97. The lowest BCUT2D eigenvalue weighted by atomic mass is 10.1. The van der Waals surface area contributed by atoms with Gasteiger partial charge in [0.1, 0.15) is 5.25 Å². The van der Waals surface area contributed by atoms with Gasteiger partial charge in [-0.2, -0.15) is 0 Å². The molecule has 100 valence electrons. The van der Waals surface area contributed by atoms with E-state index in [9.17, 15) is 8.42 Å². The number of hydrogen-bond donors (Lipinski definition) is 1. The third-order valence-corrected chi connectivity index (χ3v) is 5.39. The van der Waals surface area contributed by atoms with Crippen LogP contribution < -0.4 is 5.73 Å². The largest absolute Gasteiger partial charge is 0.356 e. The van der Waals surface area contributed by atoms with Gasteiger partial charge >= 0.3 is 0 Å². The molecular weight excluding hydrogens is 282 g/mol. The SMILES string of the molecule is [NH3+]C[C@H](c1ccc(Cl)cc1)S(=O)(=O)c1ccccc1. The van der Waals surface area contributed by atoms with E-state index in [1.54, 1.807) is 54.6 Å². The van der Waals surface area contributed by atoms with Crippen molar-refractivity contribution in [2.75, 3.05) is 6.54 Å². The quantitative estimate of drug-likeness (QED) is 0.939. The first-order valence-corrected chi connectivity index (χ1v) is 7.82. The molecule has 2 aromatic rings. The Morgan fingerprint density at radius 1 is 1.00 bits per heavy atom. The molecule has 0 amide bonds. The smallest absolute Gasteiger partial charge is 0.190 e. The van der Waals surface area contributed by atoms with Crippen LogP contribution in [0.2, 0.25) is 5.02 Å². The average molecular weight is 297 g/mol. The number of rotatable bonds is 4. The first-order valence-electron chi connectivity index (χ1n) is 5.89. The predicted octanol–water partition coefficient (Wildman–Crippen LogP) is 2.10. The summed E-state index contributed by atoms with van der Waals surface area (Å²) in [5.41, 5.74) is 4.48. The lowest BCUT2D eigenvalue weighted by Crippen LogP contribution is -2.54. The summed E-state index contributed by atoms with van der Waals surface area (Å²) in [6, 6.07) is 15.3. The van der Waals surface area contributed by atoms with Crippen LogP contribution >= 0.6 is 11.6 Å². The third-order valence-electron chi connectivity index (χ3n) is 2.95. The van der Waals surface area contributed by atoms with Gasteiger partial charge in [-0.15, -0.1) is 0 Å². The predicted molar refractivity (Wildman–Crippen MR) is 75.6 cm³/mol. The van der Waals surface area contributed by atoms with Crippen molar-refractivity contribution in [3.05, 3.63) is 65.2 Å². The maximum atomic E-state index is 12.6. The molecule has 19 heavy (non-hydrogen) atoms.